The molecular weight excluding hydrogens is 719 g/mol. The fourth-order valence-corrected chi connectivity index (χ4v) is 5.85. The molecule has 0 amide bonds. The minimum atomic E-state index is -1.53. The first-order valence-corrected chi connectivity index (χ1v) is 22.5. The van der Waals surface area contributed by atoms with Gasteiger partial charge in [-0.05, 0) is 38.5 Å². The number of allylic oxidation sites excluding steroid dienone is 9. The molecule has 0 bridgehead atoms. The third-order valence-corrected chi connectivity index (χ3v) is 9.32. The van der Waals surface area contributed by atoms with Gasteiger partial charge in [0, 0.05) is 6.42 Å². The second-order valence-corrected chi connectivity index (χ2v) is 16.0. The Kier molecular flexibility index (Phi) is 37.7. The van der Waals surface area contributed by atoms with Crippen LogP contribution >= 0.6 is 0 Å². The van der Waals surface area contributed by atoms with E-state index in [0.717, 1.165) is 44.9 Å². The maximum absolute atomic E-state index is 12.7. The van der Waals surface area contributed by atoms with Gasteiger partial charge in [0.05, 0.1) is 40.8 Å². The number of quaternary nitrogens is 1. The average Bonchev–Trinajstić information content (AvgIpc) is 3.17. The lowest BCUT2D eigenvalue weighted by molar-refractivity contribution is -0.870. The second kappa shape index (κ2) is 39.8. The van der Waals surface area contributed by atoms with E-state index in [4.69, 9.17) is 18.9 Å². The van der Waals surface area contributed by atoms with Gasteiger partial charge in [0.1, 0.15) is 13.2 Å². The van der Waals surface area contributed by atoms with Gasteiger partial charge in [0.25, 0.3) is 6.29 Å². The lowest BCUT2D eigenvalue weighted by atomic mass is 10.0. The number of nitrogens with zero attached hydrogens (tertiary/aromatic N) is 1. The van der Waals surface area contributed by atoms with Gasteiger partial charge in [-0.25, -0.2) is 4.79 Å². The Morgan fingerprint density at radius 2 is 0.982 bits per heavy atom. The molecule has 0 spiro atoms. The van der Waals surface area contributed by atoms with Crippen LogP contribution in [0.4, 0.5) is 0 Å². The van der Waals surface area contributed by atoms with Crippen LogP contribution in [0.5, 0.6) is 0 Å². The monoisotopic (exact) mass is 803 g/mol. The van der Waals surface area contributed by atoms with Crippen LogP contribution < -0.4 is 0 Å². The van der Waals surface area contributed by atoms with E-state index in [1.165, 1.54) is 89.9 Å². The van der Waals surface area contributed by atoms with Gasteiger partial charge in [-0.2, -0.15) is 0 Å². The zero-order valence-corrected chi connectivity index (χ0v) is 37.0. The molecule has 0 saturated heterocycles. The first-order valence-electron chi connectivity index (χ1n) is 22.5. The Bertz CT molecular complexity index is 1120. The fraction of sp³-hybridized carbons (Fsp3) is 0.729. The lowest BCUT2D eigenvalue weighted by Crippen LogP contribution is -2.40. The molecule has 0 fully saturated rings. The SMILES string of the molecule is CC/C=C\C/C=C\C/C=C\C/C=C\C/C=C\CC(=O)OC(COC(=O)CCCCCCCCCCCCCCCCCCC)COC(OCC[N+](C)(C)C)C(=O)O. The van der Waals surface area contributed by atoms with Gasteiger partial charge in [-0.15, -0.1) is 0 Å². The number of carbonyl (C=O) groups is 3. The van der Waals surface area contributed by atoms with Gasteiger partial charge >= 0.3 is 17.9 Å². The van der Waals surface area contributed by atoms with E-state index in [1.54, 1.807) is 6.08 Å². The van der Waals surface area contributed by atoms with Crippen molar-refractivity contribution in [1.29, 1.82) is 0 Å². The van der Waals surface area contributed by atoms with E-state index in [0.29, 0.717) is 17.4 Å². The highest BCUT2D eigenvalue weighted by Crippen LogP contribution is 2.15. The molecule has 0 aliphatic heterocycles. The number of carboxylic acid groups (broad SMARTS) is 1. The summed E-state index contributed by atoms with van der Waals surface area (Å²) < 4.78 is 22.6. The quantitative estimate of drug-likeness (QED) is 0.0214. The molecule has 1 N–H and O–H groups in total. The zero-order valence-electron chi connectivity index (χ0n) is 37.0. The number of rotatable bonds is 40. The number of hydrogen-bond donors (Lipinski definition) is 1. The molecule has 0 aliphatic rings. The lowest BCUT2D eigenvalue weighted by Gasteiger charge is -2.25. The summed E-state index contributed by atoms with van der Waals surface area (Å²) >= 11 is 0. The van der Waals surface area contributed by atoms with Crippen molar-refractivity contribution >= 4 is 17.9 Å². The summed E-state index contributed by atoms with van der Waals surface area (Å²) in [6, 6.07) is 0. The fourth-order valence-electron chi connectivity index (χ4n) is 5.85. The van der Waals surface area contributed by atoms with Crippen molar-refractivity contribution in [2.75, 3.05) is 47.5 Å². The summed E-state index contributed by atoms with van der Waals surface area (Å²) in [4.78, 5) is 37.0. The van der Waals surface area contributed by atoms with Crippen LogP contribution in [0.3, 0.4) is 0 Å². The Balaban J connectivity index is 4.54. The topological polar surface area (TPSA) is 108 Å². The minimum absolute atomic E-state index is 0.0274. The van der Waals surface area contributed by atoms with Crippen LogP contribution in [0.2, 0.25) is 0 Å². The Hall–Kier alpha value is -3.01. The van der Waals surface area contributed by atoms with Gasteiger partial charge in [-0.1, -0.05) is 177 Å². The summed E-state index contributed by atoms with van der Waals surface area (Å²) in [6.07, 6.45) is 44.6. The maximum atomic E-state index is 12.7. The van der Waals surface area contributed by atoms with E-state index in [2.05, 4.69) is 56.4 Å². The highest BCUT2D eigenvalue weighted by molar-refractivity contribution is 5.72. The summed E-state index contributed by atoms with van der Waals surface area (Å²) in [6.45, 7) is 4.64. The Labute approximate surface area is 348 Å². The molecular formula is C48H84NO8+. The van der Waals surface area contributed by atoms with Crippen molar-refractivity contribution in [3.05, 3.63) is 60.8 Å². The molecule has 0 saturated carbocycles. The van der Waals surface area contributed by atoms with Crippen molar-refractivity contribution < 1.29 is 42.9 Å². The summed E-state index contributed by atoms with van der Waals surface area (Å²) in [5.41, 5.74) is 0. The predicted octanol–water partition coefficient (Wildman–Crippen LogP) is 11.8. The number of carboxylic acids is 1. The van der Waals surface area contributed by atoms with Crippen LogP contribution in [-0.2, 0) is 33.3 Å². The zero-order chi connectivity index (χ0) is 42.1. The molecule has 9 heteroatoms. The van der Waals surface area contributed by atoms with Crippen molar-refractivity contribution in [3.63, 3.8) is 0 Å². The molecule has 0 aromatic carbocycles. The van der Waals surface area contributed by atoms with Crippen LogP contribution in [0.15, 0.2) is 60.8 Å². The number of likely N-dealkylation sites (N-methyl/N-ethyl adjacent to an activating group) is 1. The highest BCUT2D eigenvalue weighted by atomic mass is 16.7. The van der Waals surface area contributed by atoms with Crippen molar-refractivity contribution in [3.8, 4) is 0 Å². The van der Waals surface area contributed by atoms with Gasteiger partial charge in [-0.3, -0.25) is 9.59 Å². The summed E-state index contributed by atoms with van der Waals surface area (Å²) in [5.74, 6) is -2.17. The van der Waals surface area contributed by atoms with Crippen LogP contribution in [0, 0.1) is 0 Å². The number of hydrogen-bond acceptors (Lipinski definition) is 7. The number of unbranched alkanes of at least 4 members (excludes halogenated alkanes) is 16. The number of esters is 2. The third-order valence-electron chi connectivity index (χ3n) is 9.32. The van der Waals surface area contributed by atoms with E-state index in [-0.39, 0.29) is 38.6 Å². The molecule has 0 aromatic heterocycles. The molecule has 9 nitrogen and oxygen atoms in total. The molecule has 0 rings (SSSR count). The van der Waals surface area contributed by atoms with Crippen LogP contribution in [-0.4, -0.2) is 87.4 Å². The molecule has 0 radical (unpaired) electrons. The number of aliphatic carboxylic acids is 1. The molecule has 0 aromatic rings. The van der Waals surface area contributed by atoms with E-state index in [1.807, 2.05) is 33.3 Å². The first kappa shape index (κ1) is 54.0. The minimum Gasteiger partial charge on any atom is -0.477 e. The first-order chi connectivity index (χ1) is 27.6. The van der Waals surface area contributed by atoms with E-state index >= 15 is 0 Å². The maximum Gasteiger partial charge on any atom is 0.361 e. The molecule has 2 unspecified atom stereocenters. The smallest absolute Gasteiger partial charge is 0.361 e. The van der Waals surface area contributed by atoms with Gasteiger partial charge in [0.2, 0.25) is 0 Å². The molecule has 0 heterocycles. The van der Waals surface area contributed by atoms with Crippen molar-refractivity contribution in [2.24, 2.45) is 0 Å². The number of ether oxygens (including phenoxy) is 4. The standard InChI is InChI=1S/C48H83NO8/c1-6-8-10-12-14-16-18-20-22-23-25-26-28-30-32-34-36-38-45(50)55-42-44(43-56-48(47(52)53)54-41-40-49(3,4)5)57-46(51)39-37-35-33-31-29-27-24-21-19-17-15-13-11-9-7-2/h9,11,15,17,21,24,29,31,35,37,44,48H,6-8,10,12-14,16,18-20,22-23,25-28,30,32-34,36,38-43H2,1-5H3/p+1/b11-9-,17-15-,24-21-,31-29-,37-35-. The molecule has 57 heavy (non-hydrogen) atoms. The second-order valence-electron chi connectivity index (χ2n) is 16.0. The largest absolute Gasteiger partial charge is 0.477 e. The molecule has 2 atom stereocenters. The van der Waals surface area contributed by atoms with Crippen LogP contribution in [0.1, 0.15) is 168 Å². The number of carbonyl (C=O) groups excluding carboxylic acids is 2. The molecule has 328 valence electrons. The predicted molar refractivity (Wildman–Crippen MR) is 235 cm³/mol. The van der Waals surface area contributed by atoms with Gasteiger partial charge < -0.3 is 28.5 Å². The third kappa shape index (κ3) is 41.0. The Morgan fingerprint density at radius 1 is 0.544 bits per heavy atom. The average molecular weight is 803 g/mol. The molecule has 0 aliphatic carbocycles. The highest BCUT2D eigenvalue weighted by Gasteiger charge is 2.24. The van der Waals surface area contributed by atoms with E-state index < -0.39 is 24.3 Å². The normalized spacial score (nSPS) is 13.5. The summed E-state index contributed by atoms with van der Waals surface area (Å²) in [7, 11) is 5.92. The van der Waals surface area contributed by atoms with E-state index in [9.17, 15) is 19.5 Å². The van der Waals surface area contributed by atoms with Crippen molar-refractivity contribution in [2.45, 2.75) is 180 Å². The Morgan fingerprint density at radius 3 is 1.42 bits per heavy atom. The van der Waals surface area contributed by atoms with Crippen molar-refractivity contribution in [1.82, 2.24) is 0 Å². The van der Waals surface area contributed by atoms with Gasteiger partial charge in [0.15, 0.2) is 6.10 Å². The van der Waals surface area contributed by atoms with Crippen LogP contribution in [0.25, 0.3) is 0 Å². The summed E-state index contributed by atoms with van der Waals surface area (Å²) in [5, 5.41) is 9.62.